The second-order valence-corrected chi connectivity index (χ2v) is 7.51. The van der Waals surface area contributed by atoms with Crippen LogP contribution < -0.4 is 21.7 Å². The number of primary amides is 1. The molecule has 3 rings (SSSR count). The second-order valence-electron chi connectivity index (χ2n) is 7.51. The number of carbonyl (C=O) groups is 4. The number of hydrogen-bond acceptors (Lipinski definition) is 5. The topological polar surface area (TPSA) is 154 Å². The van der Waals surface area contributed by atoms with Crippen molar-refractivity contribution < 1.29 is 19.2 Å². The number of nitrogens with zero attached hydrogens (tertiary/aromatic N) is 1. The van der Waals surface area contributed by atoms with Gasteiger partial charge in [0.2, 0.25) is 23.6 Å². The van der Waals surface area contributed by atoms with E-state index in [1.807, 2.05) is 36.4 Å². The first-order valence-corrected chi connectivity index (χ1v) is 10.1. The number of amides is 4. The third-order valence-electron chi connectivity index (χ3n) is 5.18. The smallest absolute Gasteiger partial charge is 0.243 e. The first-order valence-electron chi connectivity index (χ1n) is 10.1. The summed E-state index contributed by atoms with van der Waals surface area (Å²) in [5.74, 6) is -2.26. The van der Waals surface area contributed by atoms with Gasteiger partial charge in [-0.05, 0) is 17.2 Å². The molecule has 2 aromatic rings. The molecule has 5 N–H and O–H groups in total. The highest BCUT2D eigenvalue weighted by Gasteiger charge is 2.35. The van der Waals surface area contributed by atoms with Gasteiger partial charge in [0.05, 0.1) is 18.1 Å². The number of carbonyl (C=O) groups excluding carboxylic acids is 4. The normalized spacial score (nSPS) is 18.6. The Kier molecular flexibility index (Phi) is 7.18. The molecule has 32 heavy (non-hydrogen) atoms. The standard InChI is InChI=1S/C23H23N5O4/c24-13-16-9-5-4-8-15(16)11-17(21(25)30)26-20(29)12-19-23(32)27-18(22(31)28-19)10-14-6-2-1-3-7-14/h1-9,17-19H,10-12H2,(H2,25,30)(H,26,29)(H,27,32)(H,28,31)/t17-,18+,19+/m1/s1. The average Bonchev–Trinajstić information content (AvgIpc) is 2.77. The van der Waals surface area contributed by atoms with Gasteiger partial charge >= 0.3 is 0 Å². The molecular weight excluding hydrogens is 410 g/mol. The predicted octanol–water partition coefficient (Wildman–Crippen LogP) is -0.313. The van der Waals surface area contributed by atoms with Crippen molar-refractivity contribution in [2.75, 3.05) is 0 Å². The van der Waals surface area contributed by atoms with Crippen LogP contribution in [0.1, 0.15) is 23.1 Å². The van der Waals surface area contributed by atoms with Crippen LogP contribution in [0, 0.1) is 11.3 Å². The van der Waals surface area contributed by atoms with E-state index in [-0.39, 0.29) is 18.7 Å². The predicted molar refractivity (Wildman–Crippen MR) is 115 cm³/mol. The molecule has 4 amide bonds. The van der Waals surface area contributed by atoms with Crippen LogP contribution in [0.15, 0.2) is 54.6 Å². The van der Waals surface area contributed by atoms with Crippen molar-refractivity contribution in [1.82, 2.24) is 16.0 Å². The van der Waals surface area contributed by atoms with Crippen molar-refractivity contribution in [2.45, 2.75) is 37.4 Å². The van der Waals surface area contributed by atoms with Crippen LogP contribution in [-0.4, -0.2) is 41.8 Å². The van der Waals surface area contributed by atoms with Gasteiger partial charge in [0.25, 0.3) is 0 Å². The zero-order valence-corrected chi connectivity index (χ0v) is 17.2. The van der Waals surface area contributed by atoms with E-state index in [0.717, 1.165) is 5.56 Å². The van der Waals surface area contributed by atoms with E-state index in [1.54, 1.807) is 24.3 Å². The van der Waals surface area contributed by atoms with Gasteiger partial charge < -0.3 is 21.7 Å². The fraction of sp³-hybridized carbons (Fsp3) is 0.261. The van der Waals surface area contributed by atoms with E-state index in [0.29, 0.717) is 17.5 Å². The van der Waals surface area contributed by atoms with Crippen molar-refractivity contribution in [3.05, 3.63) is 71.3 Å². The molecule has 0 aliphatic carbocycles. The van der Waals surface area contributed by atoms with E-state index in [1.165, 1.54) is 0 Å². The van der Waals surface area contributed by atoms with Crippen LogP contribution in [0.4, 0.5) is 0 Å². The Morgan fingerprint density at radius 1 is 1.00 bits per heavy atom. The molecule has 1 aliphatic rings. The molecule has 0 radical (unpaired) electrons. The van der Waals surface area contributed by atoms with E-state index < -0.39 is 35.8 Å². The minimum Gasteiger partial charge on any atom is -0.368 e. The van der Waals surface area contributed by atoms with Gasteiger partial charge in [-0.3, -0.25) is 19.2 Å². The van der Waals surface area contributed by atoms with Gasteiger partial charge in [-0.25, -0.2) is 0 Å². The lowest BCUT2D eigenvalue weighted by molar-refractivity contribution is -0.138. The van der Waals surface area contributed by atoms with Gasteiger partial charge in [-0.2, -0.15) is 5.26 Å². The summed E-state index contributed by atoms with van der Waals surface area (Å²) in [5, 5.41) is 16.9. The zero-order valence-electron chi connectivity index (χ0n) is 17.2. The summed E-state index contributed by atoms with van der Waals surface area (Å²) in [4.78, 5) is 49.2. The molecule has 9 nitrogen and oxygen atoms in total. The number of rotatable bonds is 8. The van der Waals surface area contributed by atoms with Crippen LogP contribution in [0.5, 0.6) is 0 Å². The Balaban J connectivity index is 1.58. The third kappa shape index (κ3) is 5.70. The van der Waals surface area contributed by atoms with Crippen molar-refractivity contribution in [2.24, 2.45) is 5.73 Å². The second kappa shape index (κ2) is 10.2. The van der Waals surface area contributed by atoms with Crippen molar-refractivity contribution in [1.29, 1.82) is 5.26 Å². The number of benzene rings is 2. The van der Waals surface area contributed by atoms with Crippen molar-refractivity contribution >= 4 is 23.6 Å². The zero-order chi connectivity index (χ0) is 23.1. The Bertz CT molecular complexity index is 1060. The van der Waals surface area contributed by atoms with E-state index in [9.17, 15) is 24.4 Å². The van der Waals surface area contributed by atoms with Crippen LogP contribution in [0.25, 0.3) is 0 Å². The minimum atomic E-state index is -1.06. The van der Waals surface area contributed by atoms with Gasteiger partial charge in [0.15, 0.2) is 0 Å². The van der Waals surface area contributed by atoms with Gasteiger partial charge in [0, 0.05) is 12.8 Å². The lowest BCUT2D eigenvalue weighted by atomic mass is 9.99. The molecule has 1 heterocycles. The summed E-state index contributed by atoms with van der Waals surface area (Å²) in [6.45, 7) is 0. The SMILES string of the molecule is N#Cc1ccccc1C[C@@H](NC(=O)C[C@@H]1NC(=O)[C@H](Cc2ccccc2)NC1=O)C(N)=O. The first-order chi connectivity index (χ1) is 15.4. The van der Waals surface area contributed by atoms with Crippen LogP contribution in [0.3, 0.4) is 0 Å². The van der Waals surface area contributed by atoms with Crippen molar-refractivity contribution in [3.63, 3.8) is 0 Å². The Labute approximate surface area is 185 Å². The van der Waals surface area contributed by atoms with E-state index in [4.69, 9.17) is 5.73 Å². The highest BCUT2D eigenvalue weighted by atomic mass is 16.2. The van der Waals surface area contributed by atoms with Crippen LogP contribution in [0.2, 0.25) is 0 Å². The Hall–Kier alpha value is -4.19. The lowest BCUT2D eigenvalue weighted by Gasteiger charge is -2.29. The monoisotopic (exact) mass is 433 g/mol. The summed E-state index contributed by atoms with van der Waals surface area (Å²) in [6, 6.07) is 15.1. The maximum Gasteiger partial charge on any atom is 0.243 e. The molecular formula is C23H23N5O4. The molecule has 0 saturated carbocycles. The van der Waals surface area contributed by atoms with Gasteiger partial charge in [0.1, 0.15) is 18.1 Å². The fourth-order valence-corrected chi connectivity index (χ4v) is 3.50. The summed E-state index contributed by atoms with van der Waals surface area (Å²) < 4.78 is 0. The number of hydrogen-bond donors (Lipinski definition) is 4. The summed E-state index contributed by atoms with van der Waals surface area (Å²) in [7, 11) is 0. The highest BCUT2D eigenvalue weighted by molar-refractivity contribution is 5.99. The quantitative estimate of drug-likeness (QED) is 0.449. The molecule has 3 atom stereocenters. The largest absolute Gasteiger partial charge is 0.368 e. The Morgan fingerprint density at radius 2 is 1.62 bits per heavy atom. The molecule has 9 heteroatoms. The molecule has 0 bridgehead atoms. The van der Waals surface area contributed by atoms with E-state index in [2.05, 4.69) is 16.0 Å². The third-order valence-corrected chi connectivity index (χ3v) is 5.18. The minimum absolute atomic E-state index is 0.0349. The van der Waals surface area contributed by atoms with Crippen LogP contribution in [-0.2, 0) is 32.0 Å². The molecule has 0 spiro atoms. The van der Waals surface area contributed by atoms with E-state index >= 15 is 0 Å². The first kappa shape index (κ1) is 22.5. The lowest BCUT2D eigenvalue weighted by Crippen LogP contribution is -2.63. The summed E-state index contributed by atoms with van der Waals surface area (Å²) >= 11 is 0. The molecule has 2 aromatic carbocycles. The molecule has 1 aliphatic heterocycles. The molecule has 164 valence electrons. The molecule has 0 unspecified atom stereocenters. The maximum atomic E-state index is 12.5. The van der Waals surface area contributed by atoms with Gasteiger partial charge in [-0.1, -0.05) is 48.5 Å². The van der Waals surface area contributed by atoms with Crippen LogP contribution >= 0.6 is 0 Å². The molecule has 1 saturated heterocycles. The summed E-state index contributed by atoms with van der Waals surface area (Å²) in [6.07, 6.45) is 0.0197. The Morgan fingerprint density at radius 3 is 2.31 bits per heavy atom. The number of nitrogens with one attached hydrogen (secondary N) is 3. The number of nitriles is 1. The molecule has 0 aromatic heterocycles. The number of piperazine rings is 1. The summed E-state index contributed by atoms with van der Waals surface area (Å²) in [5.41, 5.74) is 7.24. The fourth-order valence-electron chi connectivity index (χ4n) is 3.50. The average molecular weight is 433 g/mol. The number of nitrogens with two attached hydrogens (primary N) is 1. The van der Waals surface area contributed by atoms with Crippen molar-refractivity contribution in [3.8, 4) is 6.07 Å². The maximum absolute atomic E-state index is 12.5. The van der Waals surface area contributed by atoms with Gasteiger partial charge in [-0.15, -0.1) is 0 Å². The molecule has 1 fully saturated rings. The highest BCUT2D eigenvalue weighted by Crippen LogP contribution is 2.11.